The molecule has 0 spiro atoms. The summed E-state index contributed by atoms with van der Waals surface area (Å²) in [6.45, 7) is 0. The van der Waals surface area contributed by atoms with E-state index in [9.17, 15) is 10.1 Å². The highest BCUT2D eigenvalue weighted by molar-refractivity contribution is 7.98. The highest BCUT2D eigenvalue weighted by atomic mass is 35.5. The molecule has 0 aliphatic carbocycles. The Balaban J connectivity index is 2.11. The summed E-state index contributed by atoms with van der Waals surface area (Å²) in [4.78, 5) is 17.2. The number of aromatic amines is 1. The van der Waals surface area contributed by atoms with Crippen LogP contribution in [0.15, 0.2) is 35.7 Å². The van der Waals surface area contributed by atoms with Crippen molar-refractivity contribution in [1.82, 2.24) is 9.97 Å². The van der Waals surface area contributed by atoms with E-state index in [1.54, 1.807) is 18.5 Å². The Hall–Kier alpha value is -1.53. The van der Waals surface area contributed by atoms with Crippen LogP contribution in [0.3, 0.4) is 0 Å². The largest absolute Gasteiger partial charge is 0.340 e. The van der Waals surface area contributed by atoms with Crippen molar-refractivity contribution in [1.29, 1.82) is 0 Å². The number of imidazole rings is 1. The van der Waals surface area contributed by atoms with E-state index in [-0.39, 0.29) is 10.7 Å². The van der Waals surface area contributed by atoms with Gasteiger partial charge in [-0.1, -0.05) is 29.4 Å². The monoisotopic (exact) mass is 269 g/mol. The second-order valence-electron chi connectivity index (χ2n) is 3.23. The van der Waals surface area contributed by atoms with Crippen LogP contribution in [0, 0.1) is 10.1 Å². The quantitative estimate of drug-likeness (QED) is 0.525. The van der Waals surface area contributed by atoms with Crippen molar-refractivity contribution in [2.24, 2.45) is 0 Å². The molecular formula is C10H8ClN3O2S. The van der Waals surface area contributed by atoms with Gasteiger partial charge in [-0.25, -0.2) is 4.98 Å². The molecule has 0 aliphatic heterocycles. The number of nitrogens with one attached hydrogen (secondary N) is 1. The van der Waals surface area contributed by atoms with Gasteiger partial charge >= 0.3 is 0 Å². The first-order valence-corrected chi connectivity index (χ1v) is 6.08. The number of thioether (sulfide) groups is 1. The Kier molecular flexibility index (Phi) is 3.65. The van der Waals surface area contributed by atoms with Crippen LogP contribution in [0.2, 0.25) is 5.02 Å². The van der Waals surface area contributed by atoms with Crippen molar-refractivity contribution >= 4 is 29.1 Å². The lowest BCUT2D eigenvalue weighted by Gasteiger charge is -2.00. The molecular weight excluding hydrogens is 262 g/mol. The summed E-state index contributed by atoms with van der Waals surface area (Å²) in [5, 5.41) is 11.6. The molecule has 0 bridgehead atoms. The van der Waals surface area contributed by atoms with Crippen molar-refractivity contribution in [3.05, 3.63) is 51.3 Å². The fraction of sp³-hybridized carbons (Fsp3) is 0.100. The van der Waals surface area contributed by atoms with E-state index < -0.39 is 4.92 Å². The highest BCUT2D eigenvalue weighted by Crippen LogP contribution is 2.27. The molecule has 88 valence electrons. The topological polar surface area (TPSA) is 71.8 Å². The van der Waals surface area contributed by atoms with Crippen molar-refractivity contribution in [3.8, 4) is 0 Å². The molecule has 0 fully saturated rings. The maximum atomic E-state index is 10.7. The van der Waals surface area contributed by atoms with Gasteiger partial charge in [-0.3, -0.25) is 10.1 Å². The van der Waals surface area contributed by atoms with Crippen LogP contribution in [0.5, 0.6) is 0 Å². The number of H-pyrrole nitrogens is 1. The molecule has 2 aromatic rings. The summed E-state index contributed by atoms with van der Waals surface area (Å²) in [7, 11) is 0. The van der Waals surface area contributed by atoms with Gasteiger partial charge in [0, 0.05) is 24.2 Å². The Morgan fingerprint density at radius 3 is 3.00 bits per heavy atom. The Morgan fingerprint density at radius 1 is 1.53 bits per heavy atom. The van der Waals surface area contributed by atoms with Crippen LogP contribution < -0.4 is 0 Å². The number of rotatable bonds is 4. The van der Waals surface area contributed by atoms with Crippen molar-refractivity contribution in [2.75, 3.05) is 0 Å². The van der Waals surface area contributed by atoms with Gasteiger partial charge in [0.2, 0.25) is 0 Å². The maximum absolute atomic E-state index is 10.7. The van der Waals surface area contributed by atoms with E-state index >= 15 is 0 Å². The third kappa shape index (κ3) is 2.98. The summed E-state index contributed by atoms with van der Waals surface area (Å²) in [5.41, 5.74) is 0.770. The normalized spacial score (nSPS) is 10.4. The van der Waals surface area contributed by atoms with E-state index in [4.69, 9.17) is 11.6 Å². The van der Waals surface area contributed by atoms with E-state index in [0.717, 1.165) is 10.7 Å². The van der Waals surface area contributed by atoms with E-state index in [2.05, 4.69) is 9.97 Å². The predicted molar refractivity (Wildman–Crippen MR) is 66.3 cm³/mol. The van der Waals surface area contributed by atoms with E-state index in [0.29, 0.717) is 5.75 Å². The number of nitro groups is 1. The zero-order valence-corrected chi connectivity index (χ0v) is 10.2. The lowest BCUT2D eigenvalue weighted by Crippen LogP contribution is -1.91. The molecule has 0 saturated heterocycles. The first kappa shape index (κ1) is 11.9. The number of nitrogens with zero attached hydrogens (tertiary/aromatic N) is 2. The smallest absolute Gasteiger partial charge is 0.288 e. The molecule has 0 radical (unpaired) electrons. The fourth-order valence-electron chi connectivity index (χ4n) is 1.27. The third-order valence-electron chi connectivity index (χ3n) is 2.06. The molecule has 1 aromatic carbocycles. The third-order valence-corrected chi connectivity index (χ3v) is 3.35. The van der Waals surface area contributed by atoms with E-state index in [1.165, 1.54) is 23.9 Å². The number of benzene rings is 1. The highest BCUT2D eigenvalue weighted by Gasteiger charge is 2.12. The van der Waals surface area contributed by atoms with Crippen LogP contribution in [0.1, 0.15) is 5.56 Å². The van der Waals surface area contributed by atoms with Gasteiger partial charge in [-0.05, 0) is 11.6 Å². The molecule has 7 heteroatoms. The van der Waals surface area contributed by atoms with Gasteiger partial charge in [0.15, 0.2) is 5.16 Å². The summed E-state index contributed by atoms with van der Waals surface area (Å²) >= 11 is 7.20. The van der Waals surface area contributed by atoms with Crippen LogP contribution in [-0.2, 0) is 5.75 Å². The van der Waals surface area contributed by atoms with Crippen molar-refractivity contribution < 1.29 is 4.92 Å². The fourth-order valence-corrected chi connectivity index (χ4v) is 2.23. The number of aromatic nitrogens is 2. The number of nitro benzene ring substituents is 1. The zero-order valence-electron chi connectivity index (χ0n) is 8.59. The summed E-state index contributed by atoms with van der Waals surface area (Å²) in [6, 6.07) is 4.79. The molecule has 1 N–H and O–H groups in total. The minimum Gasteiger partial charge on any atom is -0.340 e. The SMILES string of the molecule is O=[N+]([O-])c1cc(CSc2ncc[nH]2)ccc1Cl. The van der Waals surface area contributed by atoms with Gasteiger partial charge in [0.1, 0.15) is 5.02 Å². The molecule has 2 rings (SSSR count). The van der Waals surface area contributed by atoms with E-state index in [1.807, 2.05) is 0 Å². The summed E-state index contributed by atoms with van der Waals surface area (Å²) < 4.78 is 0. The van der Waals surface area contributed by atoms with Crippen LogP contribution in [0.4, 0.5) is 5.69 Å². The minimum absolute atomic E-state index is 0.0655. The first-order valence-electron chi connectivity index (χ1n) is 4.72. The lowest BCUT2D eigenvalue weighted by molar-refractivity contribution is -0.384. The molecule has 5 nitrogen and oxygen atoms in total. The molecule has 1 heterocycles. The standard InChI is InChI=1S/C10H8ClN3O2S/c11-8-2-1-7(5-9(8)14(15)16)6-17-10-12-3-4-13-10/h1-5H,6H2,(H,12,13). The van der Waals surface area contributed by atoms with Crippen molar-refractivity contribution in [3.63, 3.8) is 0 Å². The van der Waals surface area contributed by atoms with Gasteiger partial charge < -0.3 is 4.98 Å². The van der Waals surface area contributed by atoms with Gasteiger partial charge in [-0.15, -0.1) is 0 Å². The maximum Gasteiger partial charge on any atom is 0.288 e. The van der Waals surface area contributed by atoms with Gasteiger partial charge in [0.25, 0.3) is 5.69 Å². The predicted octanol–water partition coefficient (Wildman–Crippen LogP) is 3.26. The summed E-state index contributed by atoms with van der Waals surface area (Å²) in [6.07, 6.45) is 3.39. The second kappa shape index (κ2) is 5.20. The Labute approximate surface area is 106 Å². The second-order valence-corrected chi connectivity index (χ2v) is 4.60. The average molecular weight is 270 g/mol. The zero-order chi connectivity index (χ0) is 12.3. The van der Waals surface area contributed by atoms with Crippen LogP contribution in [0.25, 0.3) is 0 Å². The first-order chi connectivity index (χ1) is 8.16. The molecule has 1 aromatic heterocycles. The van der Waals surface area contributed by atoms with Crippen LogP contribution in [-0.4, -0.2) is 14.9 Å². The number of halogens is 1. The van der Waals surface area contributed by atoms with Crippen molar-refractivity contribution in [2.45, 2.75) is 10.9 Å². The summed E-state index contributed by atoms with van der Waals surface area (Å²) in [5.74, 6) is 0.603. The van der Waals surface area contributed by atoms with Gasteiger partial charge in [0.05, 0.1) is 4.92 Å². The number of hydrogen-bond donors (Lipinski definition) is 1. The lowest BCUT2D eigenvalue weighted by atomic mass is 10.2. The Bertz CT molecular complexity index is 530. The average Bonchev–Trinajstić information content (AvgIpc) is 2.80. The molecule has 0 unspecified atom stereocenters. The Morgan fingerprint density at radius 2 is 2.35 bits per heavy atom. The molecule has 17 heavy (non-hydrogen) atoms. The molecule has 0 saturated carbocycles. The number of hydrogen-bond acceptors (Lipinski definition) is 4. The van der Waals surface area contributed by atoms with Crippen LogP contribution >= 0.6 is 23.4 Å². The molecule has 0 amide bonds. The molecule has 0 atom stereocenters. The minimum atomic E-state index is -0.483. The van der Waals surface area contributed by atoms with Gasteiger partial charge in [-0.2, -0.15) is 0 Å². The molecule has 0 aliphatic rings.